The monoisotopic (exact) mass is 218 g/mol. The van der Waals surface area contributed by atoms with Crippen LogP contribution >= 0.6 is 0 Å². The van der Waals surface area contributed by atoms with Crippen molar-refractivity contribution in [2.75, 3.05) is 6.54 Å². The number of H-pyrrole nitrogens is 1. The van der Waals surface area contributed by atoms with Gasteiger partial charge in [-0.15, -0.1) is 0 Å². The lowest BCUT2D eigenvalue weighted by atomic mass is 10.0. The molecule has 1 unspecified atom stereocenters. The summed E-state index contributed by atoms with van der Waals surface area (Å²) in [5.74, 6) is 0.933. The van der Waals surface area contributed by atoms with E-state index in [2.05, 4.69) is 16.0 Å². The van der Waals surface area contributed by atoms with Gasteiger partial charge in [-0.25, -0.2) is 4.98 Å². The number of nitrogens with zero attached hydrogens (tertiary/aromatic N) is 1. The Morgan fingerprint density at radius 2 is 2.25 bits per heavy atom. The molecule has 4 nitrogen and oxygen atoms in total. The first-order valence-electron chi connectivity index (χ1n) is 5.62. The number of hydrogen-bond acceptors (Lipinski definition) is 3. The molecule has 86 valence electrons. The van der Waals surface area contributed by atoms with Crippen molar-refractivity contribution in [3.63, 3.8) is 0 Å². The lowest BCUT2D eigenvalue weighted by molar-refractivity contribution is 0.618. The number of aryl methyl sites for hydroxylation is 1. The van der Waals surface area contributed by atoms with Crippen molar-refractivity contribution in [3.8, 4) is 0 Å². The summed E-state index contributed by atoms with van der Waals surface area (Å²) in [7, 11) is 0. The van der Waals surface area contributed by atoms with Gasteiger partial charge in [-0.1, -0.05) is 6.07 Å². The average molecular weight is 218 g/mol. The Morgan fingerprint density at radius 1 is 1.44 bits per heavy atom. The van der Waals surface area contributed by atoms with Crippen LogP contribution in [0.1, 0.15) is 30.3 Å². The highest BCUT2D eigenvalue weighted by atomic mass is 14.9. The first-order chi connectivity index (χ1) is 7.70. The van der Waals surface area contributed by atoms with Crippen LogP contribution < -0.4 is 11.5 Å². The van der Waals surface area contributed by atoms with Crippen LogP contribution in [0.5, 0.6) is 0 Å². The standard InChI is InChI=1S/C12H18N4/c1-8-15-11-5-4-9(7-12(11)16-8)10(14)3-2-6-13/h4-5,7,10H,2-3,6,13-14H2,1H3,(H,15,16). The quantitative estimate of drug-likeness (QED) is 0.729. The maximum absolute atomic E-state index is 6.09. The summed E-state index contributed by atoms with van der Waals surface area (Å²) >= 11 is 0. The molecule has 5 N–H and O–H groups in total. The third kappa shape index (κ3) is 2.23. The minimum atomic E-state index is 0.0663. The van der Waals surface area contributed by atoms with E-state index in [-0.39, 0.29) is 6.04 Å². The number of aromatic amines is 1. The summed E-state index contributed by atoms with van der Waals surface area (Å²) in [5, 5.41) is 0. The fourth-order valence-electron chi connectivity index (χ4n) is 1.89. The van der Waals surface area contributed by atoms with Crippen LogP contribution in [0.25, 0.3) is 11.0 Å². The van der Waals surface area contributed by atoms with Crippen LogP contribution in [0.4, 0.5) is 0 Å². The molecule has 1 atom stereocenters. The number of rotatable bonds is 4. The molecular weight excluding hydrogens is 200 g/mol. The van der Waals surface area contributed by atoms with Crippen molar-refractivity contribution in [1.29, 1.82) is 0 Å². The highest BCUT2D eigenvalue weighted by Crippen LogP contribution is 2.20. The van der Waals surface area contributed by atoms with E-state index in [0.29, 0.717) is 6.54 Å². The van der Waals surface area contributed by atoms with Crippen LogP contribution in [0.15, 0.2) is 18.2 Å². The van der Waals surface area contributed by atoms with Crippen molar-refractivity contribution < 1.29 is 0 Å². The van der Waals surface area contributed by atoms with Gasteiger partial charge in [0, 0.05) is 6.04 Å². The molecule has 0 aliphatic heterocycles. The van der Waals surface area contributed by atoms with Crippen LogP contribution in [0.2, 0.25) is 0 Å². The fourth-order valence-corrected chi connectivity index (χ4v) is 1.89. The third-order valence-electron chi connectivity index (χ3n) is 2.77. The molecule has 0 amide bonds. The number of fused-ring (bicyclic) bond motifs is 1. The summed E-state index contributed by atoms with van der Waals surface area (Å²) < 4.78 is 0. The van der Waals surface area contributed by atoms with Gasteiger partial charge in [-0.05, 0) is 44.0 Å². The Morgan fingerprint density at radius 3 is 3.00 bits per heavy atom. The second-order valence-corrected chi connectivity index (χ2v) is 4.14. The minimum Gasteiger partial charge on any atom is -0.342 e. The Labute approximate surface area is 95.0 Å². The van der Waals surface area contributed by atoms with Gasteiger partial charge in [0.1, 0.15) is 5.82 Å². The predicted octanol–water partition coefficient (Wildman–Crippen LogP) is 1.61. The molecule has 1 heterocycles. The molecule has 0 radical (unpaired) electrons. The largest absolute Gasteiger partial charge is 0.342 e. The van der Waals surface area contributed by atoms with Gasteiger partial charge in [0.05, 0.1) is 11.0 Å². The molecule has 0 saturated carbocycles. The number of imidazole rings is 1. The molecule has 1 aromatic carbocycles. The van der Waals surface area contributed by atoms with Crippen LogP contribution in [0, 0.1) is 6.92 Å². The van der Waals surface area contributed by atoms with E-state index in [1.54, 1.807) is 0 Å². The molecular formula is C12H18N4. The van der Waals surface area contributed by atoms with Gasteiger partial charge < -0.3 is 16.5 Å². The molecule has 0 aliphatic carbocycles. The van der Waals surface area contributed by atoms with Crippen LogP contribution in [0.3, 0.4) is 0 Å². The highest BCUT2D eigenvalue weighted by Gasteiger charge is 2.07. The van der Waals surface area contributed by atoms with E-state index in [1.807, 2.05) is 19.1 Å². The van der Waals surface area contributed by atoms with E-state index >= 15 is 0 Å². The van der Waals surface area contributed by atoms with Gasteiger partial charge in [-0.2, -0.15) is 0 Å². The Bertz CT molecular complexity index is 475. The van der Waals surface area contributed by atoms with Crippen molar-refractivity contribution in [2.45, 2.75) is 25.8 Å². The normalized spacial score (nSPS) is 13.2. The topological polar surface area (TPSA) is 80.7 Å². The van der Waals surface area contributed by atoms with Crippen molar-refractivity contribution in [3.05, 3.63) is 29.6 Å². The number of benzene rings is 1. The third-order valence-corrected chi connectivity index (χ3v) is 2.77. The van der Waals surface area contributed by atoms with Crippen molar-refractivity contribution in [2.24, 2.45) is 11.5 Å². The molecule has 0 aliphatic rings. The van der Waals surface area contributed by atoms with Crippen molar-refractivity contribution in [1.82, 2.24) is 9.97 Å². The molecule has 0 bridgehead atoms. The van der Waals surface area contributed by atoms with Gasteiger partial charge in [0.2, 0.25) is 0 Å². The maximum atomic E-state index is 6.09. The molecule has 16 heavy (non-hydrogen) atoms. The second kappa shape index (κ2) is 4.63. The Hall–Kier alpha value is -1.39. The SMILES string of the molecule is Cc1nc2ccc(C(N)CCCN)cc2[nH]1. The molecule has 2 rings (SSSR count). The van der Waals surface area contributed by atoms with E-state index in [1.165, 1.54) is 0 Å². The molecule has 2 aromatic rings. The fraction of sp³-hybridized carbons (Fsp3) is 0.417. The Kier molecular flexibility index (Phi) is 3.22. The molecule has 0 spiro atoms. The summed E-state index contributed by atoms with van der Waals surface area (Å²) in [4.78, 5) is 7.58. The van der Waals surface area contributed by atoms with Gasteiger partial charge >= 0.3 is 0 Å². The van der Waals surface area contributed by atoms with E-state index in [9.17, 15) is 0 Å². The van der Waals surface area contributed by atoms with E-state index < -0.39 is 0 Å². The smallest absolute Gasteiger partial charge is 0.104 e. The first kappa shape index (κ1) is 11.1. The highest BCUT2D eigenvalue weighted by molar-refractivity contribution is 5.75. The lowest BCUT2D eigenvalue weighted by Crippen LogP contribution is -2.12. The van der Waals surface area contributed by atoms with E-state index in [0.717, 1.165) is 35.3 Å². The average Bonchev–Trinajstić information content (AvgIpc) is 2.64. The lowest BCUT2D eigenvalue weighted by Gasteiger charge is -2.10. The number of hydrogen-bond donors (Lipinski definition) is 3. The van der Waals surface area contributed by atoms with Crippen LogP contribution in [-0.2, 0) is 0 Å². The zero-order valence-corrected chi connectivity index (χ0v) is 9.53. The van der Waals surface area contributed by atoms with Gasteiger partial charge in [0.15, 0.2) is 0 Å². The zero-order valence-electron chi connectivity index (χ0n) is 9.53. The molecule has 0 fully saturated rings. The van der Waals surface area contributed by atoms with Gasteiger partial charge in [-0.3, -0.25) is 0 Å². The second-order valence-electron chi connectivity index (χ2n) is 4.14. The molecule has 1 aromatic heterocycles. The van der Waals surface area contributed by atoms with E-state index in [4.69, 9.17) is 11.5 Å². The molecule has 4 heteroatoms. The zero-order chi connectivity index (χ0) is 11.5. The number of nitrogens with one attached hydrogen (secondary N) is 1. The van der Waals surface area contributed by atoms with Crippen molar-refractivity contribution >= 4 is 11.0 Å². The van der Waals surface area contributed by atoms with Gasteiger partial charge in [0.25, 0.3) is 0 Å². The number of aromatic nitrogens is 2. The first-order valence-corrected chi connectivity index (χ1v) is 5.62. The summed E-state index contributed by atoms with van der Waals surface area (Å²) in [5.41, 5.74) is 14.8. The number of nitrogens with two attached hydrogens (primary N) is 2. The summed E-state index contributed by atoms with van der Waals surface area (Å²) in [6, 6.07) is 6.20. The van der Waals surface area contributed by atoms with Crippen LogP contribution in [-0.4, -0.2) is 16.5 Å². The summed E-state index contributed by atoms with van der Waals surface area (Å²) in [6.07, 6.45) is 1.89. The Balaban J connectivity index is 2.24. The minimum absolute atomic E-state index is 0.0663. The maximum Gasteiger partial charge on any atom is 0.104 e. The summed E-state index contributed by atoms with van der Waals surface area (Å²) in [6.45, 7) is 2.65. The predicted molar refractivity (Wildman–Crippen MR) is 66.0 cm³/mol. The molecule has 0 saturated heterocycles.